The summed E-state index contributed by atoms with van der Waals surface area (Å²) in [6, 6.07) is 17.4. The van der Waals surface area contributed by atoms with E-state index in [0.717, 1.165) is 22.5 Å². The molecule has 0 spiro atoms. The molecular weight excluding hydrogens is 374 g/mol. The van der Waals surface area contributed by atoms with Gasteiger partial charge in [-0.15, -0.1) is 0 Å². The maximum absolute atomic E-state index is 11.7. The molecule has 1 atom stereocenters. The molecule has 5 heteroatoms. The van der Waals surface area contributed by atoms with Crippen LogP contribution in [0.1, 0.15) is 39.8 Å². The van der Waals surface area contributed by atoms with Crippen LogP contribution in [0.4, 0.5) is 0 Å². The predicted molar refractivity (Wildman–Crippen MR) is 112 cm³/mol. The van der Waals surface area contributed by atoms with Crippen molar-refractivity contribution in [2.75, 3.05) is 0 Å². The van der Waals surface area contributed by atoms with E-state index in [2.05, 4.69) is 0 Å². The molecule has 146 valence electrons. The van der Waals surface area contributed by atoms with Crippen molar-refractivity contribution >= 4 is 17.6 Å². The molecule has 3 rings (SSSR count). The summed E-state index contributed by atoms with van der Waals surface area (Å²) in [5.41, 5.74) is 4.94. The molecule has 0 saturated heterocycles. The van der Waals surface area contributed by atoms with E-state index in [-0.39, 0.29) is 6.10 Å². The average Bonchev–Trinajstić information content (AvgIpc) is 2.97. The quantitative estimate of drug-likeness (QED) is 0.565. The third-order valence-corrected chi connectivity index (χ3v) is 5.06. The first-order valence-corrected chi connectivity index (χ1v) is 9.61. The highest BCUT2D eigenvalue weighted by Crippen LogP contribution is 2.27. The third-order valence-electron chi connectivity index (χ3n) is 4.83. The van der Waals surface area contributed by atoms with Crippen molar-refractivity contribution in [3.63, 3.8) is 0 Å². The van der Waals surface area contributed by atoms with Crippen molar-refractivity contribution in [3.8, 4) is 5.69 Å². The first-order chi connectivity index (χ1) is 13.4. The SMILES string of the molecule is Cc1cc(Cl)ccc1-n1c(CC(C)OCc2ccccc2)cc(C(=O)O)c1C. The number of carboxylic acids is 1. The first kappa shape index (κ1) is 20.2. The monoisotopic (exact) mass is 397 g/mol. The molecule has 1 unspecified atom stereocenters. The molecule has 0 aliphatic carbocycles. The highest BCUT2D eigenvalue weighted by Gasteiger charge is 2.20. The summed E-state index contributed by atoms with van der Waals surface area (Å²) in [5.74, 6) is -0.929. The van der Waals surface area contributed by atoms with Crippen molar-refractivity contribution in [2.24, 2.45) is 0 Å². The topological polar surface area (TPSA) is 51.5 Å². The summed E-state index contributed by atoms with van der Waals surface area (Å²) in [6.07, 6.45) is 0.533. The van der Waals surface area contributed by atoms with Crippen molar-refractivity contribution < 1.29 is 14.6 Å². The molecule has 0 saturated carbocycles. The number of rotatable bonds is 7. The number of carbonyl (C=O) groups is 1. The minimum absolute atomic E-state index is 0.0671. The number of benzene rings is 2. The predicted octanol–water partition coefficient (Wildman–Crippen LogP) is 5.59. The number of aromatic carboxylic acids is 1. The lowest BCUT2D eigenvalue weighted by atomic mass is 10.1. The second kappa shape index (κ2) is 8.63. The van der Waals surface area contributed by atoms with E-state index < -0.39 is 5.97 Å². The number of aryl methyl sites for hydroxylation is 1. The Hall–Kier alpha value is -2.56. The number of nitrogens with zero attached hydrogens (tertiary/aromatic N) is 1. The molecule has 1 heterocycles. The van der Waals surface area contributed by atoms with E-state index in [1.165, 1.54) is 0 Å². The Morgan fingerprint density at radius 1 is 1.14 bits per heavy atom. The second-order valence-corrected chi connectivity index (χ2v) is 7.45. The van der Waals surface area contributed by atoms with Crippen LogP contribution in [0.25, 0.3) is 5.69 Å². The zero-order valence-electron chi connectivity index (χ0n) is 16.3. The normalized spacial score (nSPS) is 12.1. The van der Waals surface area contributed by atoms with E-state index in [1.54, 1.807) is 6.07 Å². The largest absolute Gasteiger partial charge is 0.478 e. The van der Waals surface area contributed by atoms with Crippen molar-refractivity contribution in [1.82, 2.24) is 4.57 Å². The van der Waals surface area contributed by atoms with E-state index in [9.17, 15) is 9.90 Å². The molecule has 1 N–H and O–H groups in total. The molecule has 28 heavy (non-hydrogen) atoms. The van der Waals surface area contributed by atoms with E-state index >= 15 is 0 Å². The van der Waals surface area contributed by atoms with Gasteiger partial charge in [0.2, 0.25) is 0 Å². The van der Waals surface area contributed by atoms with Gasteiger partial charge in [0.25, 0.3) is 0 Å². The molecule has 0 aliphatic heterocycles. The molecule has 0 radical (unpaired) electrons. The number of ether oxygens (including phenoxy) is 1. The Balaban J connectivity index is 1.89. The second-order valence-electron chi connectivity index (χ2n) is 7.02. The van der Waals surface area contributed by atoms with E-state index in [1.807, 2.05) is 73.9 Å². The van der Waals surface area contributed by atoms with Crippen LogP contribution in [0.2, 0.25) is 5.02 Å². The van der Waals surface area contributed by atoms with Crippen LogP contribution in [0, 0.1) is 13.8 Å². The summed E-state index contributed by atoms with van der Waals surface area (Å²) < 4.78 is 8.00. The molecule has 3 aromatic rings. The molecule has 0 fully saturated rings. The maximum Gasteiger partial charge on any atom is 0.337 e. The van der Waals surface area contributed by atoms with Gasteiger partial charge in [0, 0.05) is 28.5 Å². The average molecular weight is 398 g/mol. The lowest BCUT2D eigenvalue weighted by Crippen LogP contribution is -2.15. The smallest absolute Gasteiger partial charge is 0.337 e. The molecule has 2 aromatic carbocycles. The summed E-state index contributed by atoms with van der Waals surface area (Å²) in [7, 11) is 0. The van der Waals surface area contributed by atoms with Gasteiger partial charge < -0.3 is 14.4 Å². The third kappa shape index (κ3) is 4.46. The van der Waals surface area contributed by atoms with Crippen molar-refractivity contribution in [2.45, 2.75) is 39.9 Å². The van der Waals surface area contributed by atoms with Gasteiger partial charge >= 0.3 is 5.97 Å². The Morgan fingerprint density at radius 3 is 2.50 bits per heavy atom. The van der Waals surface area contributed by atoms with Crippen LogP contribution in [-0.4, -0.2) is 21.7 Å². The molecule has 0 amide bonds. The number of aromatic nitrogens is 1. The standard InChI is InChI=1S/C23H24ClNO3/c1-15-11-19(24)9-10-22(15)25-17(3)21(23(26)27)13-20(25)12-16(2)28-14-18-7-5-4-6-8-18/h4-11,13,16H,12,14H2,1-3H3,(H,26,27). The van der Waals surface area contributed by atoms with Crippen LogP contribution < -0.4 is 0 Å². The summed E-state index contributed by atoms with van der Waals surface area (Å²) in [4.78, 5) is 11.7. The van der Waals surface area contributed by atoms with Crippen LogP contribution in [0.3, 0.4) is 0 Å². The van der Waals surface area contributed by atoms with Crippen molar-refractivity contribution in [3.05, 3.63) is 87.7 Å². The Bertz CT molecular complexity index is 979. The van der Waals surface area contributed by atoms with Crippen molar-refractivity contribution in [1.29, 1.82) is 0 Å². The van der Waals surface area contributed by atoms with E-state index in [0.29, 0.717) is 29.3 Å². The summed E-state index contributed by atoms with van der Waals surface area (Å²) in [5, 5.41) is 10.2. The Morgan fingerprint density at radius 2 is 1.86 bits per heavy atom. The highest BCUT2D eigenvalue weighted by atomic mass is 35.5. The number of hydrogen-bond acceptors (Lipinski definition) is 2. The molecule has 0 bridgehead atoms. The number of carboxylic acid groups (broad SMARTS) is 1. The minimum atomic E-state index is -0.929. The Kier molecular flexibility index (Phi) is 6.22. The summed E-state index contributed by atoms with van der Waals surface area (Å²) in [6.45, 7) is 6.33. The van der Waals surface area contributed by atoms with Gasteiger partial charge in [0.1, 0.15) is 0 Å². The molecule has 4 nitrogen and oxygen atoms in total. The van der Waals surface area contributed by atoms with Gasteiger partial charge in [0.15, 0.2) is 0 Å². The van der Waals surface area contributed by atoms with Gasteiger partial charge in [-0.05, 0) is 56.2 Å². The number of halogens is 1. The maximum atomic E-state index is 11.7. The minimum Gasteiger partial charge on any atom is -0.478 e. The lowest BCUT2D eigenvalue weighted by Gasteiger charge is -2.18. The first-order valence-electron chi connectivity index (χ1n) is 9.23. The fraction of sp³-hybridized carbons (Fsp3) is 0.261. The van der Waals surface area contributed by atoms with Gasteiger partial charge in [-0.2, -0.15) is 0 Å². The van der Waals surface area contributed by atoms with Gasteiger partial charge in [-0.3, -0.25) is 0 Å². The number of hydrogen-bond donors (Lipinski definition) is 1. The molecule has 0 aliphatic rings. The zero-order valence-corrected chi connectivity index (χ0v) is 17.0. The van der Waals surface area contributed by atoms with E-state index in [4.69, 9.17) is 16.3 Å². The molecule has 1 aromatic heterocycles. The zero-order chi connectivity index (χ0) is 20.3. The van der Waals surface area contributed by atoms with Crippen LogP contribution in [0.5, 0.6) is 0 Å². The van der Waals surface area contributed by atoms with Gasteiger partial charge in [0.05, 0.1) is 18.3 Å². The lowest BCUT2D eigenvalue weighted by molar-refractivity contribution is 0.0526. The molecular formula is C23H24ClNO3. The van der Waals surface area contributed by atoms with Crippen LogP contribution in [0.15, 0.2) is 54.6 Å². The highest BCUT2D eigenvalue weighted by molar-refractivity contribution is 6.30. The summed E-state index contributed by atoms with van der Waals surface area (Å²) >= 11 is 6.10. The fourth-order valence-electron chi connectivity index (χ4n) is 3.41. The fourth-order valence-corrected chi connectivity index (χ4v) is 3.64. The van der Waals surface area contributed by atoms with Gasteiger partial charge in [-0.25, -0.2) is 4.79 Å². The Labute approximate surface area is 170 Å². The van der Waals surface area contributed by atoms with Crippen LogP contribution >= 0.6 is 11.6 Å². The van der Waals surface area contributed by atoms with Crippen LogP contribution in [-0.2, 0) is 17.8 Å². The van der Waals surface area contributed by atoms with Gasteiger partial charge in [-0.1, -0.05) is 41.9 Å².